The van der Waals surface area contributed by atoms with E-state index in [1.54, 1.807) is 24.4 Å². The molecule has 3 rings (SSSR count). The lowest BCUT2D eigenvalue weighted by Gasteiger charge is -2.36. The Hall–Kier alpha value is -2.22. The van der Waals surface area contributed by atoms with Crippen LogP contribution in [0.1, 0.15) is 36.8 Å². The standard InChI is InChI=1S/C19H23ClN4O3/c1-12(18(26)23-17-5-4-16(20)9-21-17)24-6-2-3-13(10-24)14-7-15(11-25)19(27)22-8-14/h4-5,7-9,12-13,25H,2-3,6,10-11H2,1H3,(H,22,27)(H,21,23,26)/t12?,13-/m1/s1. The predicted octanol–water partition coefficient (Wildman–Crippen LogP) is 2.12. The molecular formula is C19H23ClN4O3. The Balaban J connectivity index is 1.67. The number of aromatic amines is 1. The van der Waals surface area contributed by atoms with E-state index in [9.17, 15) is 14.7 Å². The molecule has 0 radical (unpaired) electrons. The number of halogens is 1. The number of carbonyl (C=O) groups is 1. The average Bonchev–Trinajstić information content (AvgIpc) is 2.69. The van der Waals surface area contributed by atoms with E-state index in [2.05, 4.69) is 20.2 Å². The number of hydrogen-bond acceptors (Lipinski definition) is 5. The lowest BCUT2D eigenvalue weighted by atomic mass is 9.90. The molecule has 3 heterocycles. The number of likely N-dealkylation sites (tertiary alicyclic amines) is 1. The molecule has 27 heavy (non-hydrogen) atoms. The molecule has 3 N–H and O–H groups in total. The first-order valence-electron chi connectivity index (χ1n) is 8.96. The Morgan fingerprint density at radius 1 is 1.52 bits per heavy atom. The number of pyridine rings is 2. The Morgan fingerprint density at radius 3 is 3.04 bits per heavy atom. The molecule has 7 nitrogen and oxygen atoms in total. The summed E-state index contributed by atoms with van der Waals surface area (Å²) in [5, 5.41) is 12.6. The highest BCUT2D eigenvalue weighted by atomic mass is 35.5. The monoisotopic (exact) mass is 390 g/mol. The Labute approximate surface area is 162 Å². The molecule has 0 aromatic carbocycles. The van der Waals surface area contributed by atoms with Gasteiger partial charge in [0.1, 0.15) is 5.82 Å². The van der Waals surface area contributed by atoms with Crippen molar-refractivity contribution in [2.45, 2.75) is 38.3 Å². The molecule has 2 aromatic rings. The summed E-state index contributed by atoms with van der Waals surface area (Å²) in [6, 6.07) is 4.80. The summed E-state index contributed by atoms with van der Waals surface area (Å²) < 4.78 is 0. The van der Waals surface area contributed by atoms with Crippen molar-refractivity contribution in [2.75, 3.05) is 18.4 Å². The highest BCUT2D eigenvalue weighted by Crippen LogP contribution is 2.27. The summed E-state index contributed by atoms with van der Waals surface area (Å²) >= 11 is 5.82. The molecule has 2 atom stereocenters. The van der Waals surface area contributed by atoms with Gasteiger partial charge in [-0.3, -0.25) is 14.5 Å². The minimum absolute atomic E-state index is 0.122. The summed E-state index contributed by atoms with van der Waals surface area (Å²) in [5.74, 6) is 0.547. The first-order chi connectivity index (χ1) is 13.0. The summed E-state index contributed by atoms with van der Waals surface area (Å²) in [6.07, 6.45) is 5.13. The third-order valence-electron chi connectivity index (χ3n) is 5.00. The van der Waals surface area contributed by atoms with E-state index in [1.807, 2.05) is 6.92 Å². The zero-order chi connectivity index (χ0) is 19.4. The summed E-state index contributed by atoms with van der Waals surface area (Å²) in [6.45, 7) is 3.13. The van der Waals surface area contributed by atoms with Crippen LogP contribution in [0.2, 0.25) is 5.02 Å². The lowest BCUT2D eigenvalue weighted by Crippen LogP contribution is -2.46. The van der Waals surface area contributed by atoms with Gasteiger partial charge in [0, 0.05) is 24.5 Å². The quantitative estimate of drug-likeness (QED) is 0.726. The second kappa shape index (κ2) is 8.65. The van der Waals surface area contributed by atoms with Crippen molar-refractivity contribution in [3.8, 4) is 0 Å². The maximum Gasteiger partial charge on any atom is 0.253 e. The second-order valence-electron chi connectivity index (χ2n) is 6.81. The fraction of sp³-hybridized carbons (Fsp3) is 0.421. The number of nitrogens with one attached hydrogen (secondary N) is 2. The Bertz CT molecular complexity index is 853. The number of aliphatic hydroxyl groups is 1. The number of aliphatic hydroxyl groups excluding tert-OH is 1. The van der Waals surface area contributed by atoms with Gasteiger partial charge in [-0.05, 0) is 56.0 Å². The van der Waals surface area contributed by atoms with Crippen molar-refractivity contribution in [3.63, 3.8) is 0 Å². The number of amides is 1. The van der Waals surface area contributed by atoms with Crippen molar-refractivity contribution in [2.24, 2.45) is 0 Å². The lowest BCUT2D eigenvalue weighted by molar-refractivity contribution is -0.121. The third-order valence-corrected chi connectivity index (χ3v) is 5.23. The molecule has 0 aliphatic carbocycles. The van der Waals surface area contributed by atoms with Crippen LogP contribution in [0.3, 0.4) is 0 Å². The van der Waals surface area contributed by atoms with Crippen LogP contribution in [-0.2, 0) is 11.4 Å². The van der Waals surface area contributed by atoms with Crippen molar-refractivity contribution in [3.05, 3.63) is 57.1 Å². The van der Waals surface area contributed by atoms with Crippen molar-refractivity contribution < 1.29 is 9.90 Å². The van der Waals surface area contributed by atoms with Gasteiger partial charge in [-0.1, -0.05) is 11.6 Å². The van der Waals surface area contributed by atoms with E-state index in [1.165, 1.54) is 6.20 Å². The molecular weight excluding hydrogens is 368 g/mol. The zero-order valence-corrected chi connectivity index (χ0v) is 15.9. The molecule has 1 amide bonds. The van der Waals surface area contributed by atoms with Gasteiger partial charge < -0.3 is 15.4 Å². The van der Waals surface area contributed by atoms with E-state index in [0.717, 1.165) is 24.9 Å². The molecule has 1 unspecified atom stereocenters. The molecule has 1 aliphatic rings. The van der Waals surface area contributed by atoms with Gasteiger partial charge >= 0.3 is 0 Å². The SMILES string of the molecule is CC(C(=O)Nc1ccc(Cl)cn1)N1CCC[C@@H](c2c[nH]c(=O)c(CO)c2)C1. The van der Waals surface area contributed by atoms with Crippen LogP contribution >= 0.6 is 11.6 Å². The molecule has 1 fully saturated rings. The molecule has 144 valence electrons. The fourth-order valence-electron chi connectivity index (χ4n) is 3.38. The van der Waals surface area contributed by atoms with Gasteiger partial charge in [0.15, 0.2) is 0 Å². The van der Waals surface area contributed by atoms with Crippen molar-refractivity contribution in [1.82, 2.24) is 14.9 Å². The number of rotatable bonds is 5. The van der Waals surface area contributed by atoms with Crippen LogP contribution in [0.5, 0.6) is 0 Å². The first kappa shape index (κ1) is 19.5. The maximum atomic E-state index is 12.6. The van der Waals surface area contributed by atoms with Crippen LogP contribution in [0.15, 0.2) is 35.4 Å². The van der Waals surface area contributed by atoms with Gasteiger partial charge in [0.2, 0.25) is 5.91 Å². The second-order valence-corrected chi connectivity index (χ2v) is 7.24. The zero-order valence-electron chi connectivity index (χ0n) is 15.1. The van der Waals surface area contributed by atoms with E-state index in [0.29, 0.717) is 22.9 Å². The van der Waals surface area contributed by atoms with Crippen LogP contribution in [0, 0.1) is 0 Å². The average molecular weight is 391 g/mol. The minimum Gasteiger partial charge on any atom is -0.391 e. The molecule has 0 saturated carbocycles. The normalized spacial score (nSPS) is 18.9. The van der Waals surface area contributed by atoms with E-state index < -0.39 is 0 Å². The minimum atomic E-state index is -0.314. The Morgan fingerprint density at radius 2 is 2.33 bits per heavy atom. The number of anilines is 1. The highest BCUT2D eigenvalue weighted by molar-refractivity contribution is 6.30. The maximum absolute atomic E-state index is 12.6. The van der Waals surface area contributed by atoms with E-state index in [-0.39, 0.29) is 30.0 Å². The van der Waals surface area contributed by atoms with Gasteiger partial charge in [0.05, 0.1) is 17.7 Å². The molecule has 0 spiro atoms. The van der Waals surface area contributed by atoms with Crippen molar-refractivity contribution in [1.29, 1.82) is 0 Å². The van der Waals surface area contributed by atoms with Crippen LogP contribution < -0.4 is 10.9 Å². The third kappa shape index (κ3) is 4.74. The number of H-pyrrole nitrogens is 1. The molecule has 8 heteroatoms. The van der Waals surface area contributed by atoms with Gasteiger partial charge in [-0.25, -0.2) is 4.98 Å². The first-order valence-corrected chi connectivity index (χ1v) is 9.34. The smallest absolute Gasteiger partial charge is 0.253 e. The molecule has 2 aromatic heterocycles. The van der Waals surface area contributed by atoms with Crippen LogP contribution in [0.25, 0.3) is 0 Å². The molecule has 1 saturated heterocycles. The highest BCUT2D eigenvalue weighted by Gasteiger charge is 2.28. The topological polar surface area (TPSA) is 98.3 Å². The van der Waals surface area contributed by atoms with Crippen LogP contribution in [0.4, 0.5) is 5.82 Å². The van der Waals surface area contributed by atoms with E-state index >= 15 is 0 Å². The number of nitrogens with zero attached hydrogens (tertiary/aromatic N) is 2. The summed E-state index contributed by atoms with van der Waals surface area (Å²) in [4.78, 5) is 33.1. The summed E-state index contributed by atoms with van der Waals surface area (Å²) in [7, 11) is 0. The number of carbonyl (C=O) groups excluding carboxylic acids is 1. The molecule has 0 bridgehead atoms. The van der Waals surface area contributed by atoms with Gasteiger partial charge in [0.25, 0.3) is 5.56 Å². The van der Waals surface area contributed by atoms with Crippen LogP contribution in [-0.4, -0.2) is 45.0 Å². The number of hydrogen-bond donors (Lipinski definition) is 3. The fourth-order valence-corrected chi connectivity index (χ4v) is 3.49. The van der Waals surface area contributed by atoms with E-state index in [4.69, 9.17) is 11.6 Å². The summed E-state index contributed by atoms with van der Waals surface area (Å²) in [5.41, 5.74) is 1.08. The van der Waals surface area contributed by atoms with Crippen molar-refractivity contribution >= 4 is 23.3 Å². The largest absolute Gasteiger partial charge is 0.391 e. The Kier molecular flexibility index (Phi) is 6.26. The number of aromatic nitrogens is 2. The predicted molar refractivity (Wildman–Crippen MR) is 104 cm³/mol. The molecule has 1 aliphatic heterocycles. The van der Waals surface area contributed by atoms with Gasteiger partial charge in [-0.2, -0.15) is 0 Å². The van der Waals surface area contributed by atoms with Gasteiger partial charge in [-0.15, -0.1) is 0 Å². The number of piperidine rings is 1.